The molecular weight excluding hydrogens is 248 g/mol. The van der Waals surface area contributed by atoms with E-state index in [0.29, 0.717) is 18.7 Å². The van der Waals surface area contributed by atoms with Gasteiger partial charge in [-0.2, -0.15) is 0 Å². The number of carbonyl (C=O) groups is 1. The Morgan fingerprint density at radius 1 is 1.47 bits per heavy atom. The van der Waals surface area contributed by atoms with E-state index in [9.17, 15) is 9.59 Å². The summed E-state index contributed by atoms with van der Waals surface area (Å²) in [6.07, 6.45) is 0. The molecule has 0 amide bonds. The largest absolute Gasteiger partial charge is 0.480 e. The Bertz CT molecular complexity index is 643. The quantitative estimate of drug-likeness (QED) is 0.872. The van der Waals surface area contributed by atoms with Crippen LogP contribution in [-0.2, 0) is 11.3 Å². The highest BCUT2D eigenvalue weighted by Gasteiger charge is 2.17. The molecule has 0 radical (unpaired) electrons. The van der Waals surface area contributed by atoms with Gasteiger partial charge in [0.05, 0.1) is 5.52 Å². The Kier molecular flexibility index (Phi) is 3.71. The minimum atomic E-state index is -0.883. The number of benzene rings is 1. The summed E-state index contributed by atoms with van der Waals surface area (Å²) in [6.45, 7) is 2.46. The van der Waals surface area contributed by atoms with Gasteiger partial charge in [0.15, 0.2) is 5.58 Å². The van der Waals surface area contributed by atoms with Crippen molar-refractivity contribution in [2.75, 3.05) is 13.6 Å². The average molecular weight is 264 g/mol. The molecule has 0 aliphatic carbocycles. The molecule has 1 heterocycles. The number of carboxylic acid groups (broad SMARTS) is 1. The molecule has 6 heteroatoms. The number of carboxylic acids is 1. The number of hydrogen-bond donors (Lipinski definition) is 1. The number of fused-ring (bicyclic) bond motifs is 1. The normalized spacial score (nSPS) is 13.0. The Hall–Kier alpha value is -2.08. The highest BCUT2D eigenvalue weighted by Crippen LogP contribution is 2.11. The smallest absolute Gasteiger partial charge is 0.419 e. The summed E-state index contributed by atoms with van der Waals surface area (Å²) in [5, 5.41) is 8.91. The van der Waals surface area contributed by atoms with Crippen LogP contribution < -0.4 is 5.76 Å². The predicted molar refractivity (Wildman–Crippen MR) is 70.2 cm³/mol. The van der Waals surface area contributed by atoms with E-state index in [0.717, 1.165) is 5.52 Å². The highest BCUT2D eigenvalue weighted by atomic mass is 16.4. The molecule has 0 spiro atoms. The molecule has 0 saturated heterocycles. The second-order valence-corrected chi connectivity index (χ2v) is 4.48. The number of nitrogens with zero attached hydrogens (tertiary/aromatic N) is 2. The fourth-order valence-electron chi connectivity index (χ4n) is 1.87. The number of aliphatic carboxylic acids is 1. The molecule has 2 aromatic rings. The second-order valence-electron chi connectivity index (χ2n) is 4.48. The van der Waals surface area contributed by atoms with Crippen LogP contribution in [0.1, 0.15) is 6.92 Å². The highest BCUT2D eigenvalue weighted by molar-refractivity contribution is 5.73. The zero-order chi connectivity index (χ0) is 14.0. The molecule has 0 aliphatic rings. The van der Waals surface area contributed by atoms with E-state index in [-0.39, 0.29) is 0 Å². The first-order valence-corrected chi connectivity index (χ1v) is 6.02. The van der Waals surface area contributed by atoms with Gasteiger partial charge < -0.3 is 9.52 Å². The van der Waals surface area contributed by atoms with Crippen LogP contribution in [0.25, 0.3) is 11.1 Å². The summed E-state index contributed by atoms with van der Waals surface area (Å²) >= 11 is 0. The maximum Gasteiger partial charge on any atom is 0.419 e. The van der Waals surface area contributed by atoms with E-state index in [2.05, 4.69) is 0 Å². The van der Waals surface area contributed by atoms with E-state index in [1.165, 1.54) is 4.57 Å². The molecule has 102 valence electrons. The Morgan fingerprint density at radius 2 is 2.16 bits per heavy atom. The molecule has 1 N–H and O–H groups in total. The maximum absolute atomic E-state index is 11.7. The lowest BCUT2D eigenvalue weighted by Gasteiger charge is -2.20. The van der Waals surface area contributed by atoms with Gasteiger partial charge in [-0.05, 0) is 26.1 Å². The first-order valence-electron chi connectivity index (χ1n) is 6.02. The Labute approximate surface area is 109 Å². The van der Waals surface area contributed by atoms with Crippen LogP contribution >= 0.6 is 0 Å². The van der Waals surface area contributed by atoms with Gasteiger partial charge in [-0.1, -0.05) is 12.1 Å². The molecule has 1 atom stereocenters. The summed E-state index contributed by atoms with van der Waals surface area (Å²) in [7, 11) is 1.71. The third-order valence-corrected chi connectivity index (χ3v) is 3.27. The molecule has 2 rings (SSSR count). The van der Waals surface area contributed by atoms with Crippen LogP contribution in [0.5, 0.6) is 0 Å². The lowest BCUT2D eigenvalue weighted by atomic mass is 10.3. The number of likely N-dealkylation sites (N-methyl/N-ethyl adjacent to an activating group) is 1. The van der Waals surface area contributed by atoms with Gasteiger partial charge in [-0.15, -0.1) is 0 Å². The van der Waals surface area contributed by atoms with E-state index in [1.54, 1.807) is 37.1 Å². The van der Waals surface area contributed by atoms with Crippen molar-refractivity contribution in [3.8, 4) is 0 Å². The van der Waals surface area contributed by atoms with E-state index in [4.69, 9.17) is 9.52 Å². The zero-order valence-electron chi connectivity index (χ0n) is 10.9. The van der Waals surface area contributed by atoms with Gasteiger partial charge in [0.2, 0.25) is 0 Å². The SMILES string of the molecule is CC(C(=O)O)N(C)CCn1c(=O)oc2ccccc21. The molecule has 19 heavy (non-hydrogen) atoms. The summed E-state index contributed by atoms with van der Waals surface area (Å²) in [6, 6.07) is 6.58. The molecule has 0 saturated carbocycles. The standard InChI is InChI=1S/C13H16N2O4/c1-9(12(16)17)14(2)7-8-15-10-5-3-4-6-11(10)19-13(15)18/h3-6,9H,7-8H2,1-2H3,(H,16,17). The number of para-hydroxylation sites is 2. The minimum absolute atomic E-state index is 0.393. The molecule has 0 fully saturated rings. The summed E-state index contributed by atoms with van der Waals surface area (Å²) in [5.74, 6) is -1.30. The fourth-order valence-corrected chi connectivity index (χ4v) is 1.87. The molecule has 1 unspecified atom stereocenters. The van der Waals surface area contributed by atoms with Gasteiger partial charge in [-0.3, -0.25) is 14.3 Å². The van der Waals surface area contributed by atoms with Gasteiger partial charge in [-0.25, -0.2) is 4.79 Å². The van der Waals surface area contributed by atoms with Gasteiger partial charge in [0, 0.05) is 13.1 Å². The van der Waals surface area contributed by atoms with Crippen LogP contribution in [0.3, 0.4) is 0 Å². The first kappa shape index (κ1) is 13.4. The number of rotatable bonds is 5. The van der Waals surface area contributed by atoms with Crippen molar-refractivity contribution in [3.63, 3.8) is 0 Å². The van der Waals surface area contributed by atoms with E-state index < -0.39 is 17.8 Å². The van der Waals surface area contributed by atoms with Crippen LogP contribution in [0.2, 0.25) is 0 Å². The molecule has 0 bridgehead atoms. The average Bonchev–Trinajstić information content (AvgIpc) is 2.70. The molecule has 1 aromatic carbocycles. The van der Waals surface area contributed by atoms with Gasteiger partial charge in [0.25, 0.3) is 0 Å². The maximum atomic E-state index is 11.7. The van der Waals surface area contributed by atoms with Crippen LogP contribution in [-0.4, -0.2) is 40.2 Å². The number of hydrogen-bond acceptors (Lipinski definition) is 4. The van der Waals surface area contributed by atoms with Crippen LogP contribution in [0, 0.1) is 0 Å². The zero-order valence-corrected chi connectivity index (χ0v) is 10.9. The summed E-state index contributed by atoms with van der Waals surface area (Å²) in [4.78, 5) is 24.2. The van der Waals surface area contributed by atoms with Gasteiger partial charge >= 0.3 is 11.7 Å². The van der Waals surface area contributed by atoms with E-state index >= 15 is 0 Å². The second kappa shape index (κ2) is 5.27. The Balaban J connectivity index is 2.16. The first-order chi connectivity index (χ1) is 9.00. The summed E-state index contributed by atoms with van der Waals surface area (Å²) < 4.78 is 6.63. The number of oxazole rings is 1. The monoisotopic (exact) mass is 264 g/mol. The molecular formula is C13H16N2O4. The lowest BCUT2D eigenvalue weighted by molar-refractivity contribution is -0.142. The van der Waals surface area contributed by atoms with Crippen molar-refractivity contribution < 1.29 is 14.3 Å². The third-order valence-electron chi connectivity index (χ3n) is 3.27. The molecule has 1 aromatic heterocycles. The van der Waals surface area contributed by atoms with Crippen LogP contribution in [0.15, 0.2) is 33.5 Å². The number of aromatic nitrogens is 1. The molecule has 6 nitrogen and oxygen atoms in total. The topological polar surface area (TPSA) is 75.7 Å². The third kappa shape index (κ3) is 2.68. The summed E-state index contributed by atoms with van der Waals surface area (Å²) in [5.41, 5.74) is 1.27. The van der Waals surface area contributed by atoms with Gasteiger partial charge in [0.1, 0.15) is 6.04 Å². The van der Waals surface area contributed by atoms with Crippen molar-refractivity contribution in [1.29, 1.82) is 0 Å². The predicted octanol–water partition coefficient (Wildman–Crippen LogP) is 0.999. The van der Waals surface area contributed by atoms with Crippen molar-refractivity contribution in [2.45, 2.75) is 19.5 Å². The molecule has 0 aliphatic heterocycles. The minimum Gasteiger partial charge on any atom is -0.480 e. The van der Waals surface area contributed by atoms with Crippen molar-refractivity contribution in [3.05, 3.63) is 34.8 Å². The Morgan fingerprint density at radius 3 is 2.84 bits per heavy atom. The van der Waals surface area contributed by atoms with Crippen molar-refractivity contribution in [1.82, 2.24) is 9.47 Å². The fraction of sp³-hybridized carbons (Fsp3) is 0.385. The van der Waals surface area contributed by atoms with Crippen molar-refractivity contribution >= 4 is 17.1 Å². The lowest BCUT2D eigenvalue weighted by Crippen LogP contribution is -2.38. The van der Waals surface area contributed by atoms with E-state index in [1.807, 2.05) is 6.07 Å². The van der Waals surface area contributed by atoms with Crippen molar-refractivity contribution in [2.24, 2.45) is 0 Å². The van der Waals surface area contributed by atoms with Crippen LogP contribution in [0.4, 0.5) is 0 Å².